The van der Waals surface area contributed by atoms with Crippen LogP contribution in [0.2, 0.25) is 0 Å². The Morgan fingerprint density at radius 2 is 2.12 bits per heavy atom. The summed E-state index contributed by atoms with van der Waals surface area (Å²) in [6.45, 7) is 6.81. The molecular weight excluding hydrogens is 276 g/mol. The Hall–Kier alpha value is -0.380. The lowest BCUT2D eigenvalue weighted by molar-refractivity contribution is 0.260. The van der Waals surface area contributed by atoms with Crippen LogP contribution in [0.15, 0.2) is 28.7 Å². The standard InChI is InChI=1S/C14H21BrN2/c1-2-17-9-3-4-14(17)11-16-10-12-5-7-13(15)8-6-12/h5-8,14,16H,2-4,9-11H2,1H3/t14-/m0/s1. The summed E-state index contributed by atoms with van der Waals surface area (Å²) in [5, 5.41) is 3.57. The molecule has 0 amide bonds. The fourth-order valence-corrected chi connectivity index (χ4v) is 2.79. The van der Waals surface area contributed by atoms with Crippen LogP contribution in [0.25, 0.3) is 0 Å². The van der Waals surface area contributed by atoms with Gasteiger partial charge in [-0.15, -0.1) is 0 Å². The Morgan fingerprint density at radius 1 is 1.35 bits per heavy atom. The predicted molar refractivity (Wildman–Crippen MR) is 76.1 cm³/mol. The van der Waals surface area contributed by atoms with Crippen molar-refractivity contribution in [3.8, 4) is 0 Å². The number of nitrogens with one attached hydrogen (secondary N) is 1. The van der Waals surface area contributed by atoms with Gasteiger partial charge < -0.3 is 5.32 Å². The van der Waals surface area contributed by atoms with Gasteiger partial charge in [0.25, 0.3) is 0 Å². The first-order valence-corrected chi connectivity index (χ1v) is 7.28. The van der Waals surface area contributed by atoms with Crippen molar-refractivity contribution in [2.45, 2.75) is 32.4 Å². The van der Waals surface area contributed by atoms with Crippen LogP contribution in [0, 0.1) is 0 Å². The molecule has 0 radical (unpaired) electrons. The highest BCUT2D eigenvalue weighted by molar-refractivity contribution is 9.10. The molecule has 2 rings (SSSR count). The molecule has 0 bridgehead atoms. The van der Waals surface area contributed by atoms with E-state index in [1.54, 1.807) is 0 Å². The second kappa shape index (κ2) is 6.53. The van der Waals surface area contributed by atoms with Gasteiger partial charge >= 0.3 is 0 Å². The molecule has 0 unspecified atom stereocenters. The molecule has 0 aromatic heterocycles. The smallest absolute Gasteiger partial charge is 0.0221 e. The minimum Gasteiger partial charge on any atom is -0.311 e. The molecule has 3 heteroatoms. The SMILES string of the molecule is CCN1CCC[C@H]1CNCc1ccc(Br)cc1. The highest BCUT2D eigenvalue weighted by atomic mass is 79.9. The van der Waals surface area contributed by atoms with E-state index in [1.807, 2.05) is 0 Å². The molecule has 1 aromatic rings. The van der Waals surface area contributed by atoms with E-state index >= 15 is 0 Å². The van der Waals surface area contributed by atoms with Crippen molar-refractivity contribution >= 4 is 15.9 Å². The van der Waals surface area contributed by atoms with Crippen LogP contribution in [-0.2, 0) is 6.54 Å². The Kier molecular flexibility index (Phi) is 5.01. The lowest BCUT2D eigenvalue weighted by Gasteiger charge is -2.23. The Balaban J connectivity index is 1.74. The van der Waals surface area contributed by atoms with Crippen molar-refractivity contribution in [3.05, 3.63) is 34.3 Å². The average molecular weight is 297 g/mol. The number of benzene rings is 1. The highest BCUT2D eigenvalue weighted by Crippen LogP contribution is 2.16. The van der Waals surface area contributed by atoms with Gasteiger partial charge in [-0.3, -0.25) is 4.90 Å². The van der Waals surface area contributed by atoms with Gasteiger partial charge in [0.1, 0.15) is 0 Å². The Labute approximate surface area is 113 Å². The molecule has 1 aliphatic heterocycles. The van der Waals surface area contributed by atoms with E-state index in [0.717, 1.165) is 23.6 Å². The molecule has 2 nitrogen and oxygen atoms in total. The van der Waals surface area contributed by atoms with Crippen LogP contribution < -0.4 is 5.32 Å². The number of nitrogens with zero attached hydrogens (tertiary/aromatic N) is 1. The van der Waals surface area contributed by atoms with E-state index in [-0.39, 0.29) is 0 Å². The zero-order chi connectivity index (χ0) is 12.1. The molecule has 1 atom stereocenters. The van der Waals surface area contributed by atoms with E-state index in [9.17, 15) is 0 Å². The number of hydrogen-bond donors (Lipinski definition) is 1. The fraction of sp³-hybridized carbons (Fsp3) is 0.571. The third-order valence-electron chi connectivity index (χ3n) is 3.53. The fourth-order valence-electron chi connectivity index (χ4n) is 2.53. The quantitative estimate of drug-likeness (QED) is 0.898. The predicted octanol–water partition coefficient (Wildman–Crippen LogP) is 3.02. The molecule has 0 aliphatic carbocycles. The van der Waals surface area contributed by atoms with E-state index in [2.05, 4.69) is 57.3 Å². The van der Waals surface area contributed by atoms with Crippen LogP contribution in [-0.4, -0.2) is 30.6 Å². The van der Waals surface area contributed by atoms with E-state index in [0.29, 0.717) is 0 Å². The van der Waals surface area contributed by atoms with Crippen LogP contribution in [0.3, 0.4) is 0 Å². The molecule has 0 saturated carbocycles. The lowest BCUT2D eigenvalue weighted by Crippen LogP contribution is -2.37. The highest BCUT2D eigenvalue weighted by Gasteiger charge is 2.21. The summed E-state index contributed by atoms with van der Waals surface area (Å²) < 4.78 is 1.15. The molecule has 1 aromatic carbocycles. The van der Waals surface area contributed by atoms with Gasteiger partial charge in [0.2, 0.25) is 0 Å². The van der Waals surface area contributed by atoms with Crippen molar-refractivity contribution < 1.29 is 0 Å². The summed E-state index contributed by atoms with van der Waals surface area (Å²) >= 11 is 3.46. The van der Waals surface area contributed by atoms with Gasteiger partial charge in [-0.2, -0.15) is 0 Å². The minimum absolute atomic E-state index is 0.746. The Morgan fingerprint density at radius 3 is 2.82 bits per heavy atom. The zero-order valence-corrected chi connectivity index (χ0v) is 12.0. The van der Waals surface area contributed by atoms with Crippen LogP contribution in [0.1, 0.15) is 25.3 Å². The average Bonchev–Trinajstić information content (AvgIpc) is 2.79. The number of likely N-dealkylation sites (tertiary alicyclic amines) is 1. The first-order chi connectivity index (χ1) is 8.29. The molecule has 0 spiro atoms. The van der Waals surface area contributed by atoms with Crippen LogP contribution in [0.5, 0.6) is 0 Å². The molecule has 1 aliphatic rings. The van der Waals surface area contributed by atoms with Gasteiger partial charge in [0.05, 0.1) is 0 Å². The second-order valence-corrected chi connectivity index (χ2v) is 5.60. The van der Waals surface area contributed by atoms with Crippen LogP contribution >= 0.6 is 15.9 Å². The summed E-state index contributed by atoms with van der Waals surface area (Å²) in [4.78, 5) is 2.58. The van der Waals surface area contributed by atoms with Crippen molar-refractivity contribution in [1.29, 1.82) is 0 Å². The minimum atomic E-state index is 0.746. The number of hydrogen-bond acceptors (Lipinski definition) is 2. The molecule has 94 valence electrons. The zero-order valence-electron chi connectivity index (χ0n) is 10.5. The third kappa shape index (κ3) is 3.80. The van der Waals surface area contributed by atoms with Gasteiger partial charge in [0, 0.05) is 23.6 Å². The molecule has 1 heterocycles. The van der Waals surface area contributed by atoms with Gasteiger partial charge in [0.15, 0.2) is 0 Å². The maximum absolute atomic E-state index is 3.57. The first kappa shape index (κ1) is 13.1. The largest absolute Gasteiger partial charge is 0.311 e. The van der Waals surface area contributed by atoms with Crippen molar-refractivity contribution in [3.63, 3.8) is 0 Å². The maximum Gasteiger partial charge on any atom is 0.0221 e. The summed E-state index contributed by atoms with van der Waals surface area (Å²) in [5.74, 6) is 0. The number of rotatable bonds is 5. The molecule has 17 heavy (non-hydrogen) atoms. The van der Waals surface area contributed by atoms with Crippen molar-refractivity contribution in [2.24, 2.45) is 0 Å². The lowest BCUT2D eigenvalue weighted by atomic mass is 10.2. The molecule has 1 fully saturated rings. The second-order valence-electron chi connectivity index (χ2n) is 4.68. The molecule has 1 N–H and O–H groups in total. The van der Waals surface area contributed by atoms with Crippen LogP contribution in [0.4, 0.5) is 0 Å². The molecule has 1 saturated heterocycles. The summed E-state index contributed by atoms with van der Waals surface area (Å²) in [6, 6.07) is 9.29. The number of likely N-dealkylation sites (N-methyl/N-ethyl adjacent to an activating group) is 1. The topological polar surface area (TPSA) is 15.3 Å². The molecular formula is C14H21BrN2. The van der Waals surface area contributed by atoms with Crippen molar-refractivity contribution in [2.75, 3.05) is 19.6 Å². The van der Waals surface area contributed by atoms with E-state index in [4.69, 9.17) is 0 Å². The maximum atomic E-state index is 3.57. The first-order valence-electron chi connectivity index (χ1n) is 6.49. The van der Waals surface area contributed by atoms with E-state index in [1.165, 1.54) is 31.5 Å². The summed E-state index contributed by atoms with van der Waals surface area (Å²) in [5.41, 5.74) is 1.36. The van der Waals surface area contributed by atoms with E-state index < -0.39 is 0 Å². The van der Waals surface area contributed by atoms with Gasteiger partial charge in [-0.05, 0) is 43.6 Å². The van der Waals surface area contributed by atoms with Crippen molar-refractivity contribution in [1.82, 2.24) is 10.2 Å². The summed E-state index contributed by atoms with van der Waals surface area (Å²) in [6.07, 6.45) is 2.71. The normalized spacial score (nSPS) is 20.9. The number of halogens is 1. The van der Waals surface area contributed by atoms with Gasteiger partial charge in [-0.1, -0.05) is 35.0 Å². The third-order valence-corrected chi connectivity index (χ3v) is 4.06. The monoisotopic (exact) mass is 296 g/mol. The summed E-state index contributed by atoms with van der Waals surface area (Å²) in [7, 11) is 0. The van der Waals surface area contributed by atoms with Gasteiger partial charge in [-0.25, -0.2) is 0 Å². The Bertz CT molecular complexity index is 337.